The minimum Gasteiger partial charge on any atom is -0.253 e. The maximum atomic E-state index is 14.0. The molecule has 0 aliphatic heterocycles. The Morgan fingerprint density at radius 1 is 0.607 bits per heavy atom. The Bertz CT molecular complexity index is 1000. The summed E-state index contributed by atoms with van der Waals surface area (Å²) in [7, 11) is 0. The van der Waals surface area contributed by atoms with Crippen LogP contribution in [0.2, 0.25) is 0 Å². The van der Waals surface area contributed by atoms with Gasteiger partial charge in [-0.1, -0.05) is 78.9 Å². The molecule has 0 bridgehead atoms. The Balaban J connectivity index is 2.18. The van der Waals surface area contributed by atoms with Crippen LogP contribution in [0.15, 0.2) is 103 Å². The van der Waals surface area contributed by atoms with Crippen molar-refractivity contribution in [3.05, 3.63) is 126 Å². The Labute approximate surface area is 160 Å². The van der Waals surface area contributed by atoms with E-state index < -0.39 is 17.3 Å². The van der Waals surface area contributed by atoms with Crippen LogP contribution in [0, 0.1) is 0 Å². The van der Waals surface area contributed by atoms with Gasteiger partial charge in [0.2, 0.25) is 0 Å². The summed E-state index contributed by atoms with van der Waals surface area (Å²) in [5, 5.41) is 4.39. The topological polar surface area (TPSA) is 17.8 Å². The lowest BCUT2D eigenvalue weighted by Gasteiger charge is -2.37. The third-order valence-corrected chi connectivity index (χ3v) is 4.85. The maximum absolute atomic E-state index is 14.0. The molecule has 5 heteroatoms. The lowest BCUT2D eigenvalue weighted by atomic mass is 9.75. The lowest BCUT2D eigenvalue weighted by Crippen LogP contribution is -2.40. The van der Waals surface area contributed by atoms with E-state index in [1.54, 1.807) is 29.2 Å². The van der Waals surface area contributed by atoms with Gasteiger partial charge in [0.25, 0.3) is 0 Å². The van der Waals surface area contributed by atoms with Crippen molar-refractivity contribution in [2.24, 2.45) is 0 Å². The first-order valence-electron chi connectivity index (χ1n) is 8.82. The SMILES string of the molecule is FC(F)(F)c1ccccc1C(c1ccccc1)(c1ccccc1)n1cccn1. The first-order chi connectivity index (χ1) is 13.5. The van der Waals surface area contributed by atoms with E-state index in [-0.39, 0.29) is 5.56 Å². The van der Waals surface area contributed by atoms with E-state index in [9.17, 15) is 13.2 Å². The molecule has 28 heavy (non-hydrogen) atoms. The van der Waals surface area contributed by atoms with Crippen LogP contribution < -0.4 is 0 Å². The van der Waals surface area contributed by atoms with E-state index in [1.165, 1.54) is 12.1 Å². The number of hydrogen-bond donors (Lipinski definition) is 0. The number of aromatic nitrogens is 2. The highest BCUT2D eigenvalue weighted by molar-refractivity contribution is 5.53. The molecule has 0 aliphatic rings. The van der Waals surface area contributed by atoms with Gasteiger partial charge in [-0.2, -0.15) is 18.3 Å². The summed E-state index contributed by atoms with van der Waals surface area (Å²) < 4.78 is 43.7. The molecule has 0 radical (unpaired) electrons. The minimum atomic E-state index is -4.50. The Kier molecular flexibility index (Phi) is 4.51. The fraction of sp³-hybridized carbons (Fsp3) is 0.0870. The van der Waals surface area contributed by atoms with Crippen molar-refractivity contribution in [1.82, 2.24) is 9.78 Å². The third-order valence-electron chi connectivity index (χ3n) is 4.85. The molecule has 140 valence electrons. The zero-order valence-corrected chi connectivity index (χ0v) is 14.8. The summed E-state index contributed by atoms with van der Waals surface area (Å²) in [6.07, 6.45) is -1.22. The molecular formula is C23H17F3N2. The molecule has 4 aromatic rings. The number of rotatable bonds is 4. The molecule has 4 rings (SSSR count). The Hall–Kier alpha value is -3.34. The van der Waals surface area contributed by atoms with Gasteiger partial charge in [0.1, 0.15) is 5.54 Å². The van der Waals surface area contributed by atoms with Crippen LogP contribution in [0.1, 0.15) is 22.3 Å². The predicted octanol–water partition coefficient (Wildman–Crippen LogP) is 5.74. The van der Waals surface area contributed by atoms with Gasteiger partial charge in [-0.15, -0.1) is 0 Å². The van der Waals surface area contributed by atoms with E-state index in [0.717, 1.165) is 6.07 Å². The van der Waals surface area contributed by atoms with Crippen molar-refractivity contribution in [1.29, 1.82) is 0 Å². The first kappa shape index (κ1) is 18.0. The van der Waals surface area contributed by atoms with E-state index in [0.29, 0.717) is 11.1 Å². The number of nitrogens with zero attached hydrogens (tertiary/aromatic N) is 2. The zero-order chi connectivity index (χ0) is 19.6. The minimum absolute atomic E-state index is 0.128. The molecule has 0 spiro atoms. The number of alkyl halides is 3. The molecule has 0 fully saturated rings. The normalized spacial score (nSPS) is 12.1. The fourth-order valence-corrected chi connectivity index (χ4v) is 3.74. The average molecular weight is 378 g/mol. The van der Waals surface area contributed by atoms with Crippen molar-refractivity contribution in [2.75, 3.05) is 0 Å². The van der Waals surface area contributed by atoms with Gasteiger partial charge in [-0.25, -0.2) is 0 Å². The highest BCUT2D eigenvalue weighted by atomic mass is 19.4. The van der Waals surface area contributed by atoms with E-state index in [4.69, 9.17) is 0 Å². The van der Waals surface area contributed by atoms with Crippen LogP contribution in [0.3, 0.4) is 0 Å². The first-order valence-corrected chi connectivity index (χ1v) is 8.82. The van der Waals surface area contributed by atoms with Gasteiger partial charge in [0, 0.05) is 18.0 Å². The van der Waals surface area contributed by atoms with Crippen molar-refractivity contribution in [3.8, 4) is 0 Å². The monoisotopic (exact) mass is 378 g/mol. The molecule has 2 nitrogen and oxygen atoms in total. The van der Waals surface area contributed by atoms with Crippen molar-refractivity contribution in [3.63, 3.8) is 0 Å². The fourth-order valence-electron chi connectivity index (χ4n) is 3.74. The van der Waals surface area contributed by atoms with Crippen LogP contribution in [0.25, 0.3) is 0 Å². The van der Waals surface area contributed by atoms with E-state index >= 15 is 0 Å². The lowest BCUT2D eigenvalue weighted by molar-refractivity contribution is -0.138. The summed E-state index contributed by atoms with van der Waals surface area (Å²) in [6.45, 7) is 0. The maximum Gasteiger partial charge on any atom is 0.416 e. The van der Waals surface area contributed by atoms with Gasteiger partial charge in [-0.05, 0) is 23.3 Å². The summed E-state index contributed by atoms with van der Waals surface area (Å²) >= 11 is 0. The van der Waals surface area contributed by atoms with Crippen LogP contribution in [0.4, 0.5) is 13.2 Å². The predicted molar refractivity (Wildman–Crippen MR) is 102 cm³/mol. The molecule has 1 heterocycles. The van der Waals surface area contributed by atoms with Crippen molar-refractivity contribution in [2.45, 2.75) is 11.7 Å². The molecule has 0 saturated heterocycles. The number of halogens is 3. The highest BCUT2D eigenvalue weighted by Gasteiger charge is 2.45. The highest BCUT2D eigenvalue weighted by Crippen LogP contribution is 2.45. The van der Waals surface area contributed by atoms with Crippen LogP contribution in [-0.2, 0) is 11.7 Å². The molecule has 0 atom stereocenters. The molecular weight excluding hydrogens is 361 g/mol. The molecule has 0 aliphatic carbocycles. The second-order valence-corrected chi connectivity index (χ2v) is 6.44. The number of hydrogen-bond acceptors (Lipinski definition) is 1. The summed E-state index contributed by atoms with van der Waals surface area (Å²) in [6, 6.07) is 25.8. The quantitative estimate of drug-likeness (QED) is 0.414. The van der Waals surface area contributed by atoms with Gasteiger partial charge < -0.3 is 0 Å². The van der Waals surface area contributed by atoms with Gasteiger partial charge >= 0.3 is 6.18 Å². The molecule has 0 amide bonds. The smallest absolute Gasteiger partial charge is 0.253 e. The molecule has 0 N–H and O–H groups in total. The molecule has 0 unspecified atom stereocenters. The summed E-state index contributed by atoms with van der Waals surface area (Å²) in [4.78, 5) is 0. The van der Waals surface area contributed by atoms with Crippen LogP contribution >= 0.6 is 0 Å². The summed E-state index contributed by atoms with van der Waals surface area (Å²) in [5.41, 5.74) is -0.428. The standard InChI is InChI=1S/C23H17F3N2/c24-23(25,26)21-15-8-7-14-20(21)22(28-17-9-16-27-28,18-10-3-1-4-11-18)19-12-5-2-6-13-19/h1-17H. The largest absolute Gasteiger partial charge is 0.416 e. The second kappa shape index (κ2) is 7.00. The van der Waals surface area contributed by atoms with Gasteiger partial charge in [0.15, 0.2) is 0 Å². The van der Waals surface area contributed by atoms with E-state index in [2.05, 4.69) is 5.10 Å². The molecule has 3 aromatic carbocycles. The molecule has 0 saturated carbocycles. The van der Waals surface area contributed by atoms with Gasteiger partial charge in [-0.3, -0.25) is 4.68 Å². The molecule has 1 aromatic heterocycles. The van der Waals surface area contributed by atoms with Gasteiger partial charge in [0.05, 0.1) is 5.56 Å². The average Bonchev–Trinajstić information content (AvgIpc) is 3.25. The third kappa shape index (κ3) is 2.89. The van der Waals surface area contributed by atoms with Crippen LogP contribution in [-0.4, -0.2) is 9.78 Å². The number of benzene rings is 3. The summed E-state index contributed by atoms with van der Waals surface area (Å²) in [5.74, 6) is 0. The van der Waals surface area contributed by atoms with Crippen molar-refractivity contribution < 1.29 is 13.2 Å². The Morgan fingerprint density at radius 3 is 1.57 bits per heavy atom. The van der Waals surface area contributed by atoms with Crippen LogP contribution in [0.5, 0.6) is 0 Å². The van der Waals surface area contributed by atoms with E-state index in [1.807, 2.05) is 60.7 Å². The van der Waals surface area contributed by atoms with Crippen molar-refractivity contribution >= 4 is 0 Å². The second-order valence-electron chi connectivity index (χ2n) is 6.44. The Morgan fingerprint density at radius 2 is 1.11 bits per heavy atom. The zero-order valence-electron chi connectivity index (χ0n) is 14.8.